The summed E-state index contributed by atoms with van der Waals surface area (Å²) in [5.74, 6) is 3.40. The van der Waals surface area contributed by atoms with Crippen LogP contribution >= 0.6 is 0 Å². The maximum Gasteiger partial charge on any atom is 0.343 e. The lowest BCUT2D eigenvalue weighted by molar-refractivity contribution is -0.134. The zero-order chi connectivity index (χ0) is 21.6. The molecular formula is C25H28O5. The van der Waals surface area contributed by atoms with E-state index >= 15 is 0 Å². The van der Waals surface area contributed by atoms with E-state index in [1.54, 1.807) is 55.6 Å². The van der Waals surface area contributed by atoms with Gasteiger partial charge in [-0.15, -0.1) is 12.3 Å². The zero-order valence-corrected chi connectivity index (χ0v) is 17.4. The van der Waals surface area contributed by atoms with Crippen LogP contribution in [0.3, 0.4) is 0 Å². The minimum absolute atomic E-state index is 0.268. The summed E-state index contributed by atoms with van der Waals surface area (Å²) >= 11 is 0. The van der Waals surface area contributed by atoms with Gasteiger partial charge in [0.2, 0.25) is 0 Å². The molecule has 5 nitrogen and oxygen atoms in total. The predicted octanol–water partition coefficient (Wildman–Crippen LogP) is 5.57. The second kappa shape index (κ2) is 13.1. The second-order valence-corrected chi connectivity index (χ2v) is 6.89. The third-order valence-corrected chi connectivity index (χ3v) is 4.54. The van der Waals surface area contributed by atoms with E-state index in [2.05, 4.69) is 5.92 Å². The standard InChI is InChI=1S/C25H28O5/c1-3-4-5-6-7-8-9-10-11-24(26)29-22-14-12-20(13-15-22)25(27)30-23-18-16-21(28-2)17-19-23/h1,12-19H,4-11H2,2H3. The van der Waals surface area contributed by atoms with Gasteiger partial charge < -0.3 is 14.2 Å². The van der Waals surface area contributed by atoms with Gasteiger partial charge in [0.15, 0.2) is 0 Å². The van der Waals surface area contributed by atoms with Crippen LogP contribution in [0, 0.1) is 12.3 Å². The number of carbonyl (C=O) groups excluding carboxylic acids is 2. The Kier molecular flexibility index (Phi) is 10.0. The van der Waals surface area contributed by atoms with Crippen molar-refractivity contribution >= 4 is 11.9 Å². The lowest BCUT2D eigenvalue weighted by Crippen LogP contribution is -2.10. The number of unbranched alkanes of at least 4 members (excludes halogenated alkanes) is 6. The molecule has 158 valence electrons. The van der Waals surface area contributed by atoms with Gasteiger partial charge in [-0.25, -0.2) is 4.79 Å². The fraction of sp³-hybridized carbons (Fsp3) is 0.360. The average Bonchev–Trinajstić information content (AvgIpc) is 2.76. The van der Waals surface area contributed by atoms with Crippen molar-refractivity contribution in [2.75, 3.05) is 7.11 Å². The summed E-state index contributed by atoms with van der Waals surface area (Å²) in [6.07, 6.45) is 12.7. The van der Waals surface area contributed by atoms with Crippen LogP contribution in [0.1, 0.15) is 61.7 Å². The maximum atomic E-state index is 12.2. The molecule has 0 bridgehead atoms. The zero-order valence-electron chi connectivity index (χ0n) is 17.4. The van der Waals surface area contributed by atoms with Crippen molar-refractivity contribution in [1.29, 1.82) is 0 Å². The summed E-state index contributed by atoms with van der Waals surface area (Å²) in [5.41, 5.74) is 0.371. The first-order chi connectivity index (χ1) is 14.6. The van der Waals surface area contributed by atoms with Gasteiger partial charge >= 0.3 is 11.9 Å². The molecule has 0 heterocycles. The molecule has 30 heavy (non-hydrogen) atoms. The normalized spacial score (nSPS) is 10.1. The Morgan fingerprint density at radius 1 is 0.767 bits per heavy atom. The maximum absolute atomic E-state index is 12.2. The fourth-order valence-electron chi connectivity index (χ4n) is 2.85. The number of methoxy groups -OCH3 is 1. The number of carbonyl (C=O) groups is 2. The van der Waals surface area contributed by atoms with Crippen molar-refractivity contribution in [3.63, 3.8) is 0 Å². The van der Waals surface area contributed by atoms with Crippen molar-refractivity contribution in [3.8, 4) is 29.6 Å². The van der Waals surface area contributed by atoms with Crippen molar-refractivity contribution in [3.05, 3.63) is 54.1 Å². The van der Waals surface area contributed by atoms with Gasteiger partial charge in [-0.05, 0) is 61.4 Å². The summed E-state index contributed by atoms with van der Waals surface area (Å²) < 4.78 is 15.7. The van der Waals surface area contributed by atoms with Crippen molar-refractivity contribution in [2.45, 2.75) is 51.4 Å². The van der Waals surface area contributed by atoms with Crippen LogP contribution in [0.25, 0.3) is 0 Å². The first-order valence-corrected chi connectivity index (χ1v) is 10.2. The fourth-order valence-corrected chi connectivity index (χ4v) is 2.85. The van der Waals surface area contributed by atoms with Gasteiger partial charge in [0, 0.05) is 12.8 Å². The van der Waals surface area contributed by atoms with E-state index < -0.39 is 5.97 Å². The molecule has 2 rings (SSSR count). The Bertz CT molecular complexity index is 831. The third-order valence-electron chi connectivity index (χ3n) is 4.54. The van der Waals surface area contributed by atoms with Gasteiger partial charge in [-0.1, -0.05) is 25.7 Å². The number of terminal acetylenes is 1. The van der Waals surface area contributed by atoms with Gasteiger partial charge in [0.25, 0.3) is 0 Å². The van der Waals surface area contributed by atoms with Crippen LogP contribution in [-0.4, -0.2) is 19.0 Å². The molecule has 0 aliphatic heterocycles. The summed E-state index contributed by atoms with van der Waals surface area (Å²) in [6.45, 7) is 0. The lowest BCUT2D eigenvalue weighted by Gasteiger charge is -2.07. The number of ether oxygens (including phenoxy) is 3. The molecule has 0 aliphatic rings. The van der Waals surface area contributed by atoms with E-state index in [0.717, 1.165) is 44.9 Å². The van der Waals surface area contributed by atoms with E-state index in [-0.39, 0.29) is 5.97 Å². The number of hydrogen-bond acceptors (Lipinski definition) is 5. The van der Waals surface area contributed by atoms with E-state index in [1.807, 2.05) is 0 Å². The molecule has 0 N–H and O–H groups in total. The Morgan fingerprint density at radius 2 is 1.30 bits per heavy atom. The van der Waals surface area contributed by atoms with Gasteiger partial charge in [-0.2, -0.15) is 0 Å². The highest BCUT2D eigenvalue weighted by atomic mass is 16.5. The highest BCUT2D eigenvalue weighted by molar-refractivity contribution is 5.91. The number of esters is 2. The van der Waals surface area contributed by atoms with E-state index in [4.69, 9.17) is 20.6 Å². The first-order valence-electron chi connectivity index (χ1n) is 10.2. The van der Waals surface area contributed by atoms with Crippen molar-refractivity contribution < 1.29 is 23.8 Å². The van der Waals surface area contributed by atoms with Gasteiger partial charge in [0.05, 0.1) is 12.7 Å². The Morgan fingerprint density at radius 3 is 1.93 bits per heavy atom. The predicted molar refractivity (Wildman–Crippen MR) is 116 cm³/mol. The SMILES string of the molecule is C#CCCCCCCCCC(=O)Oc1ccc(C(=O)Oc2ccc(OC)cc2)cc1. The molecule has 0 fully saturated rings. The van der Waals surface area contributed by atoms with Gasteiger partial charge in [-0.3, -0.25) is 4.79 Å². The molecule has 0 saturated carbocycles. The molecule has 0 aliphatic carbocycles. The molecule has 0 saturated heterocycles. The second-order valence-electron chi connectivity index (χ2n) is 6.89. The number of benzene rings is 2. The summed E-state index contributed by atoms with van der Waals surface area (Å²) in [6, 6.07) is 13.1. The van der Waals surface area contributed by atoms with E-state index in [0.29, 0.717) is 29.2 Å². The lowest BCUT2D eigenvalue weighted by atomic mass is 10.1. The first kappa shape index (κ1) is 23.0. The van der Waals surface area contributed by atoms with Crippen LogP contribution in [0.15, 0.2) is 48.5 Å². The third kappa shape index (κ3) is 8.40. The van der Waals surface area contributed by atoms with Crippen LogP contribution in [-0.2, 0) is 4.79 Å². The Balaban J connectivity index is 1.69. The van der Waals surface area contributed by atoms with Crippen LogP contribution < -0.4 is 14.2 Å². The van der Waals surface area contributed by atoms with E-state index in [1.165, 1.54) is 0 Å². The molecule has 0 atom stereocenters. The smallest absolute Gasteiger partial charge is 0.343 e. The summed E-state index contributed by atoms with van der Waals surface area (Å²) in [7, 11) is 1.57. The Labute approximate surface area is 178 Å². The minimum Gasteiger partial charge on any atom is -0.497 e. The van der Waals surface area contributed by atoms with Crippen LogP contribution in [0.4, 0.5) is 0 Å². The molecule has 0 radical (unpaired) electrons. The van der Waals surface area contributed by atoms with E-state index in [9.17, 15) is 9.59 Å². The largest absolute Gasteiger partial charge is 0.497 e. The average molecular weight is 408 g/mol. The minimum atomic E-state index is -0.486. The molecule has 2 aromatic carbocycles. The molecule has 0 amide bonds. The highest BCUT2D eigenvalue weighted by Gasteiger charge is 2.10. The topological polar surface area (TPSA) is 61.8 Å². The van der Waals surface area contributed by atoms with Crippen LogP contribution in [0.5, 0.6) is 17.2 Å². The quantitative estimate of drug-likeness (QED) is 0.199. The number of rotatable bonds is 12. The van der Waals surface area contributed by atoms with Crippen molar-refractivity contribution in [2.24, 2.45) is 0 Å². The summed E-state index contributed by atoms with van der Waals surface area (Å²) in [5, 5.41) is 0. The molecular weight excluding hydrogens is 380 g/mol. The van der Waals surface area contributed by atoms with Gasteiger partial charge in [0.1, 0.15) is 17.2 Å². The molecule has 5 heteroatoms. The molecule has 2 aromatic rings. The van der Waals surface area contributed by atoms with Crippen LogP contribution in [0.2, 0.25) is 0 Å². The monoisotopic (exact) mass is 408 g/mol. The molecule has 0 spiro atoms. The number of hydrogen-bond donors (Lipinski definition) is 0. The summed E-state index contributed by atoms with van der Waals surface area (Å²) in [4.78, 5) is 24.2. The Hall–Kier alpha value is -3.26. The molecule has 0 unspecified atom stereocenters. The van der Waals surface area contributed by atoms with Crippen molar-refractivity contribution in [1.82, 2.24) is 0 Å². The highest BCUT2D eigenvalue weighted by Crippen LogP contribution is 2.19. The molecule has 0 aromatic heterocycles.